The van der Waals surface area contributed by atoms with Crippen LogP contribution in [-0.4, -0.2) is 22.4 Å². The summed E-state index contributed by atoms with van der Waals surface area (Å²) in [7, 11) is 2.04. The smallest absolute Gasteiger partial charge is 0.0596 e. The van der Waals surface area contributed by atoms with Crippen molar-refractivity contribution in [2.24, 2.45) is 7.05 Å². The first-order chi connectivity index (χ1) is 8.67. The van der Waals surface area contributed by atoms with Crippen LogP contribution < -0.4 is 5.32 Å². The maximum atomic E-state index is 4.42. The lowest BCUT2D eigenvalue weighted by Gasteiger charge is -2.17. The van der Waals surface area contributed by atoms with Gasteiger partial charge in [0.25, 0.3) is 0 Å². The van der Waals surface area contributed by atoms with Gasteiger partial charge in [-0.15, -0.1) is 0 Å². The van der Waals surface area contributed by atoms with Crippen LogP contribution in [0.3, 0.4) is 0 Å². The molecule has 18 heavy (non-hydrogen) atoms. The molecule has 3 nitrogen and oxygen atoms in total. The Hall–Kier alpha value is -0.830. The minimum atomic E-state index is 0.599. The van der Waals surface area contributed by atoms with Gasteiger partial charge in [0.2, 0.25) is 0 Å². The molecule has 0 bridgehead atoms. The third-order valence-electron chi connectivity index (χ3n) is 3.45. The highest BCUT2D eigenvalue weighted by Crippen LogP contribution is 2.11. The van der Waals surface area contributed by atoms with Crippen molar-refractivity contribution in [2.75, 3.05) is 6.54 Å². The molecule has 1 aromatic rings. The first kappa shape index (κ1) is 15.2. The molecule has 1 rings (SSSR count). The lowest BCUT2D eigenvalue weighted by Crippen LogP contribution is -2.31. The molecule has 3 heteroatoms. The molecule has 0 aromatic carbocycles. The molecule has 1 atom stereocenters. The number of rotatable bonds is 9. The average Bonchev–Trinajstić information content (AvgIpc) is 2.63. The number of hydrogen-bond acceptors (Lipinski definition) is 2. The van der Waals surface area contributed by atoms with Gasteiger partial charge in [-0.1, -0.05) is 39.5 Å². The van der Waals surface area contributed by atoms with Crippen molar-refractivity contribution in [1.29, 1.82) is 0 Å². The van der Waals surface area contributed by atoms with E-state index >= 15 is 0 Å². The summed E-state index contributed by atoms with van der Waals surface area (Å²) in [6.45, 7) is 7.57. The molecule has 0 saturated heterocycles. The number of aromatic nitrogens is 2. The molecule has 0 spiro atoms. The van der Waals surface area contributed by atoms with E-state index in [2.05, 4.69) is 37.3 Å². The van der Waals surface area contributed by atoms with Gasteiger partial charge in [-0.05, 0) is 26.0 Å². The minimum absolute atomic E-state index is 0.599. The summed E-state index contributed by atoms with van der Waals surface area (Å²) in [5, 5.41) is 8.03. The van der Waals surface area contributed by atoms with Crippen LogP contribution in [0, 0.1) is 6.92 Å². The van der Waals surface area contributed by atoms with Gasteiger partial charge >= 0.3 is 0 Å². The van der Waals surface area contributed by atoms with Crippen molar-refractivity contribution in [3.63, 3.8) is 0 Å². The zero-order valence-electron chi connectivity index (χ0n) is 12.5. The second kappa shape index (κ2) is 8.30. The summed E-state index contributed by atoms with van der Waals surface area (Å²) in [5.74, 6) is 0. The Morgan fingerprint density at radius 1 is 1.28 bits per heavy atom. The van der Waals surface area contributed by atoms with Crippen LogP contribution in [0.2, 0.25) is 0 Å². The van der Waals surface area contributed by atoms with Crippen molar-refractivity contribution >= 4 is 0 Å². The summed E-state index contributed by atoms with van der Waals surface area (Å²) in [6, 6.07) is 2.80. The van der Waals surface area contributed by atoms with Gasteiger partial charge in [-0.2, -0.15) is 5.10 Å². The number of hydrogen-bond donors (Lipinski definition) is 1. The number of nitrogens with one attached hydrogen (secondary N) is 1. The van der Waals surface area contributed by atoms with E-state index in [-0.39, 0.29) is 0 Å². The van der Waals surface area contributed by atoms with Gasteiger partial charge in [0.1, 0.15) is 0 Å². The molecule has 0 fully saturated rings. The van der Waals surface area contributed by atoms with E-state index in [0.717, 1.165) is 18.7 Å². The summed E-state index contributed by atoms with van der Waals surface area (Å²) in [6.07, 6.45) is 7.75. The standard InChI is InChI=1S/C15H29N3/c1-5-7-8-9-10-14(16-6-2)12-15-11-13(3)17-18(15)4/h11,14,16H,5-10,12H2,1-4H3. The fourth-order valence-corrected chi connectivity index (χ4v) is 2.49. The Kier molecular flexibility index (Phi) is 7.02. The van der Waals surface area contributed by atoms with Crippen LogP contribution in [0.5, 0.6) is 0 Å². The fraction of sp³-hybridized carbons (Fsp3) is 0.800. The van der Waals surface area contributed by atoms with E-state index in [1.165, 1.54) is 37.8 Å². The van der Waals surface area contributed by atoms with Crippen molar-refractivity contribution in [2.45, 2.75) is 65.3 Å². The Labute approximate surface area is 112 Å². The normalized spacial score (nSPS) is 12.9. The molecular weight excluding hydrogens is 222 g/mol. The van der Waals surface area contributed by atoms with Gasteiger partial charge in [0.15, 0.2) is 0 Å². The highest BCUT2D eigenvalue weighted by Gasteiger charge is 2.11. The maximum Gasteiger partial charge on any atom is 0.0596 e. The molecule has 1 heterocycles. The minimum Gasteiger partial charge on any atom is -0.314 e. The Morgan fingerprint density at radius 2 is 2.06 bits per heavy atom. The molecule has 0 aliphatic carbocycles. The third-order valence-corrected chi connectivity index (χ3v) is 3.45. The molecule has 0 aliphatic heterocycles. The van der Waals surface area contributed by atoms with E-state index in [0.29, 0.717) is 6.04 Å². The highest BCUT2D eigenvalue weighted by atomic mass is 15.3. The van der Waals surface area contributed by atoms with Crippen LogP contribution in [-0.2, 0) is 13.5 Å². The maximum absolute atomic E-state index is 4.42. The third kappa shape index (κ3) is 5.21. The zero-order chi connectivity index (χ0) is 13.4. The fourth-order valence-electron chi connectivity index (χ4n) is 2.49. The first-order valence-electron chi connectivity index (χ1n) is 7.40. The van der Waals surface area contributed by atoms with E-state index < -0.39 is 0 Å². The lowest BCUT2D eigenvalue weighted by molar-refractivity contribution is 0.453. The Morgan fingerprint density at radius 3 is 2.61 bits per heavy atom. The number of likely N-dealkylation sites (N-methyl/N-ethyl adjacent to an activating group) is 1. The van der Waals surface area contributed by atoms with Crippen molar-refractivity contribution in [3.05, 3.63) is 17.5 Å². The molecule has 0 amide bonds. The van der Waals surface area contributed by atoms with Gasteiger partial charge in [0, 0.05) is 25.2 Å². The highest BCUT2D eigenvalue weighted by molar-refractivity contribution is 5.10. The Bertz CT molecular complexity index is 330. The second-order valence-corrected chi connectivity index (χ2v) is 5.21. The average molecular weight is 251 g/mol. The summed E-state index contributed by atoms with van der Waals surface area (Å²) >= 11 is 0. The molecule has 1 unspecified atom stereocenters. The van der Waals surface area contributed by atoms with Crippen LogP contribution in [0.4, 0.5) is 0 Å². The van der Waals surface area contributed by atoms with Crippen LogP contribution in [0.1, 0.15) is 57.3 Å². The van der Waals surface area contributed by atoms with E-state index in [9.17, 15) is 0 Å². The van der Waals surface area contributed by atoms with Crippen molar-refractivity contribution < 1.29 is 0 Å². The Balaban J connectivity index is 2.44. The molecular formula is C15H29N3. The monoisotopic (exact) mass is 251 g/mol. The quantitative estimate of drug-likeness (QED) is 0.683. The number of unbranched alkanes of at least 4 members (excludes halogenated alkanes) is 3. The summed E-state index contributed by atoms with van der Waals surface area (Å²) in [4.78, 5) is 0. The van der Waals surface area contributed by atoms with E-state index in [4.69, 9.17) is 0 Å². The molecule has 1 N–H and O–H groups in total. The van der Waals surface area contributed by atoms with Crippen molar-refractivity contribution in [1.82, 2.24) is 15.1 Å². The van der Waals surface area contributed by atoms with Crippen LogP contribution >= 0.6 is 0 Å². The number of nitrogens with zero attached hydrogens (tertiary/aromatic N) is 2. The summed E-state index contributed by atoms with van der Waals surface area (Å²) < 4.78 is 2.02. The van der Waals surface area contributed by atoms with E-state index in [1.807, 2.05) is 11.7 Å². The molecule has 0 saturated carbocycles. The van der Waals surface area contributed by atoms with Gasteiger partial charge in [0.05, 0.1) is 5.69 Å². The largest absolute Gasteiger partial charge is 0.314 e. The zero-order valence-corrected chi connectivity index (χ0v) is 12.5. The van der Waals surface area contributed by atoms with Crippen LogP contribution in [0.15, 0.2) is 6.07 Å². The van der Waals surface area contributed by atoms with Crippen LogP contribution in [0.25, 0.3) is 0 Å². The van der Waals surface area contributed by atoms with Crippen molar-refractivity contribution in [3.8, 4) is 0 Å². The van der Waals surface area contributed by atoms with Gasteiger partial charge in [-0.25, -0.2) is 0 Å². The molecule has 0 radical (unpaired) electrons. The number of aryl methyl sites for hydroxylation is 2. The SMILES string of the molecule is CCCCCCC(Cc1cc(C)nn1C)NCC. The second-order valence-electron chi connectivity index (χ2n) is 5.21. The molecule has 0 aliphatic rings. The molecule has 104 valence electrons. The molecule has 1 aromatic heterocycles. The van der Waals surface area contributed by atoms with Gasteiger partial charge < -0.3 is 5.32 Å². The predicted octanol–water partition coefficient (Wildman–Crippen LogP) is 3.22. The summed E-state index contributed by atoms with van der Waals surface area (Å²) in [5.41, 5.74) is 2.46. The predicted molar refractivity (Wildman–Crippen MR) is 77.9 cm³/mol. The van der Waals surface area contributed by atoms with E-state index in [1.54, 1.807) is 0 Å². The lowest BCUT2D eigenvalue weighted by atomic mass is 10.0. The van der Waals surface area contributed by atoms with Gasteiger partial charge in [-0.3, -0.25) is 4.68 Å². The first-order valence-corrected chi connectivity index (χ1v) is 7.40. The topological polar surface area (TPSA) is 29.9 Å².